The lowest BCUT2D eigenvalue weighted by atomic mass is 10.0. The van der Waals surface area contributed by atoms with Crippen LogP contribution in [-0.2, 0) is 0 Å². The Morgan fingerprint density at radius 2 is 1.95 bits per heavy atom. The lowest BCUT2D eigenvalue weighted by Crippen LogP contribution is -2.21. The van der Waals surface area contributed by atoms with E-state index in [2.05, 4.69) is 27.3 Å². The van der Waals surface area contributed by atoms with Gasteiger partial charge in [-0.05, 0) is 64.7 Å². The van der Waals surface area contributed by atoms with Gasteiger partial charge in [-0.15, -0.1) is 0 Å². The Morgan fingerprint density at radius 3 is 2.60 bits per heavy atom. The van der Waals surface area contributed by atoms with Crippen molar-refractivity contribution in [1.82, 2.24) is 0 Å². The zero-order valence-corrected chi connectivity index (χ0v) is 13.2. The molecule has 0 amide bonds. The SMILES string of the molecule is Cc1ccc(Br)c(NC(CN)c2ccc(F)c(C)c2)c1. The molecule has 20 heavy (non-hydrogen) atoms. The number of hydrogen-bond donors (Lipinski definition) is 2. The van der Waals surface area contributed by atoms with E-state index in [9.17, 15) is 4.39 Å². The molecule has 2 nitrogen and oxygen atoms in total. The molecule has 1 unspecified atom stereocenters. The van der Waals surface area contributed by atoms with Gasteiger partial charge >= 0.3 is 0 Å². The predicted octanol–water partition coefficient (Wildman–Crippen LogP) is 4.32. The van der Waals surface area contributed by atoms with Gasteiger partial charge < -0.3 is 11.1 Å². The van der Waals surface area contributed by atoms with Gasteiger partial charge in [0.1, 0.15) is 5.82 Å². The van der Waals surface area contributed by atoms with Crippen molar-refractivity contribution in [1.29, 1.82) is 0 Å². The Labute approximate surface area is 127 Å². The van der Waals surface area contributed by atoms with E-state index in [0.717, 1.165) is 15.7 Å². The summed E-state index contributed by atoms with van der Waals surface area (Å²) in [7, 11) is 0. The molecule has 0 fully saturated rings. The first-order valence-electron chi connectivity index (χ1n) is 6.50. The first kappa shape index (κ1) is 15.0. The Hall–Kier alpha value is -1.39. The summed E-state index contributed by atoms with van der Waals surface area (Å²) in [5, 5.41) is 3.41. The second-order valence-corrected chi connectivity index (χ2v) is 5.78. The first-order valence-corrected chi connectivity index (χ1v) is 7.29. The molecule has 0 aliphatic carbocycles. The standard InChI is InChI=1S/C16H18BrFN2/c1-10-3-5-13(17)15(7-10)20-16(9-19)12-4-6-14(18)11(2)8-12/h3-8,16,20H,9,19H2,1-2H3. The predicted molar refractivity (Wildman–Crippen MR) is 85.4 cm³/mol. The molecular weight excluding hydrogens is 319 g/mol. The van der Waals surface area contributed by atoms with Crippen molar-refractivity contribution in [2.24, 2.45) is 5.73 Å². The number of aryl methyl sites for hydroxylation is 2. The van der Waals surface area contributed by atoms with E-state index in [1.54, 1.807) is 13.0 Å². The summed E-state index contributed by atoms with van der Waals surface area (Å²) in [4.78, 5) is 0. The van der Waals surface area contributed by atoms with Crippen LogP contribution in [0.15, 0.2) is 40.9 Å². The fourth-order valence-corrected chi connectivity index (χ4v) is 2.46. The van der Waals surface area contributed by atoms with Crippen LogP contribution in [0.5, 0.6) is 0 Å². The number of benzene rings is 2. The van der Waals surface area contributed by atoms with E-state index in [1.807, 2.05) is 25.1 Å². The smallest absolute Gasteiger partial charge is 0.126 e. The van der Waals surface area contributed by atoms with Crippen molar-refractivity contribution in [3.05, 3.63) is 63.4 Å². The van der Waals surface area contributed by atoms with Crippen LogP contribution in [0.4, 0.5) is 10.1 Å². The van der Waals surface area contributed by atoms with Crippen molar-refractivity contribution >= 4 is 21.6 Å². The minimum Gasteiger partial charge on any atom is -0.376 e. The highest BCUT2D eigenvalue weighted by Gasteiger charge is 2.12. The van der Waals surface area contributed by atoms with Crippen LogP contribution in [-0.4, -0.2) is 6.54 Å². The van der Waals surface area contributed by atoms with Crippen LogP contribution >= 0.6 is 15.9 Å². The fourth-order valence-electron chi connectivity index (χ4n) is 2.10. The first-order chi connectivity index (χ1) is 9.51. The highest BCUT2D eigenvalue weighted by Crippen LogP contribution is 2.28. The van der Waals surface area contributed by atoms with Crippen LogP contribution in [0.1, 0.15) is 22.7 Å². The zero-order chi connectivity index (χ0) is 14.7. The molecule has 1 atom stereocenters. The molecule has 2 aromatic carbocycles. The lowest BCUT2D eigenvalue weighted by molar-refractivity contribution is 0.616. The summed E-state index contributed by atoms with van der Waals surface area (Å²) < 4.78 is 14.3. The molecule has 4 heteroatoms. The third-order valence-electron chi connectivity index (χ3n) is 3.27. The van der Waals surface area contributed by atoms with Crippen LogP contribution in [0.25, 0.3) is 0 Å². The summed E-state index contributed by atoms with van der Waals surface area (Å²) in [5.41, 5.74) is 9.63. The van der Waals surface area contributed by atoms with E-state index >= 15 is 0 Å². The zero-order valence-electron chi connectivity index (χ0n) is 11.6. The van der Waals surface area contributed by atoms with E-state index in [-0.39, 0.29) is 11.9 Å². The van der Waals surface area contributed by atoms with Gasteiger partial charge in [0.2, 0.25) is 0 Å². The molecule has 0 aliphatic heterocycles. The number of rotatable bonds is 4. The van der Waals surface area contributed by atoms with Crippen molar-refractivity contribution in [2.45, 2.75) is 19.9 Å². The van der Waals surface area contributed by atoms with Gasteiger partial charge in [0, 0.05) is 16.7 Å². The van der Waals surface area contributed by atoms with Crippen LogP contribution in [0.2, 0.25) is 0 Å². The Balaban J connectivity index is 2.28. The van der Waals surface area contributed by atoms with Gasteiger partial charge in [0.05, 0.1) is 6.04 Å². The highest BCUT2D eigenvalue weighted by molar-refractivity contribution is 9.10. The molecule has 0 aromatic heterocycles. The van der Waals surface area contributed by atoms with E-state index < -0.39 is 0 Å². The van der Waals surface area contributed by atoms with Crippen LogP contribution in [0, 0.1) is 19.7 Å². The highest BCUT2D eigenvalue weighted by atomic mass is 79.9. The van der Waals surface area contributed by atoms with Crippen molar-refractivity contribution < 1.29 is 4.39 Å². The maximum Gasteiger partial charge on any atom is 0.126 e. The van der Waals surface area contributed by atoms with Crippen molar-refractivity contribution in [3.63, 3.8) is 0 Å². The Bertz CT molecular complexity index is 613. The monoisotopic (exact) mass is 336 g/mol. The number of halogens is 2. The summed E-state index contributed by atoms with van der Waals surface area (Å²) >= 11 is 3.52. The molecule has 0 radical (unpaired) electrons. The molecule has 0 saturated carbocycles. The summed E-state index contributed by atoms with van der Waals surface area (Å²) in [5.74, 6) is -0.193. The maximum absolute atomic E-state index is 13.4. The average molecular weight is 337 g/mol. The Morgan fingerprint density at radius 1 is 1.20 bits per heavy atom. The molecule has 0 bridgehead atoms. The van der Waals surface area contributed by atoms with E-state index in [1.165, 1.54) is 11.6 Å². The number of hydrogen-bond acceptors (Lipinski definition) is 2. The van der Waals surface area contributed by atoms with Gasteiger partial charge in [-0.3, -0.25) is 0 Å². The van der Waals surface area contributed by atoms with Gasteiger partial charge in [0.25, 0.3) is 0 Å². The molecule has 106 valence electrons. The van der Waals surface area contributed by atoms with Gasteiger partial charge in [-0.2, -0.15) is 0 Å². The van der Waals surface area contributed by atoms with Gasteiger partial charge in [0.15, 0.2) is 0 Å². The lowest BCUT2D eigenvalue weighted by Gasteiger charge is -2.20. The second kappa shape index (κ2) is 6.37. The molecule has 0 aliphatic rings. The van der Waals surface area contributed by atoms with Gasteiger partial charge in [-0.25, -0.2) is 4.39 Å². The molecular formula is C16H18BrFN2. The largest absolute Gasteiger partial charge is 0.376 e. The van der Waals surface area contributed by atoms with Crippen LogP contribution < -0.4 is 11.1 Å². The molecule has 0 saturated heterocycles. The molecule has 3 N–H and O–H groups in total. The minimum atomic E-state index is -0.193. The van der Waals surface area contributed by atoms with E-state index in [4.69, 9.17) is 5.73 Å². The third-order valence-corrected chi connectivity index (χ3v) is 3.96. The molecule has 0 spiro atoms. The Kier molecular flexibility index (Phi) is 4.78. The van der Waals surface area contributed by atoms with Gasteiger partial charge in [-0.1, -0.05) is 18.2 Å². The number of nitrogens with one attached hydrogen (secondary N) is 1. The van der Waals surface area contributed by atoms with Crippen molar-refractivity contribution in [2.75, 3.05) is 11.9 Å². The molecule has 2 aromatic rings. The van der Waals surface area contributed by atoms with Crippen LogP contribution in [0.3, 0.4) is 0 Å². The second-order valence-electron chi connectivity index (χ2n) is 4.92. The summed E-state index contributed by atoms with van der Waals surface area (Å²) in [6.45, 7) is 4.23. The fraction of sp³-hybridized carbons (Fsp3) is 0.250. The molecule has 2 rings (SSSR count). The summed E-state index contributed by atoms with van der Waals surface area (Å²) in [6.07, 6.45) is 0. The number of nitrogens with two attached hydrogens (primary N) is 1. The van der Waals surface area contributed by atoms with Crippen molar-refractivity contribution in [3.8, 4) is 0 Å². The summed E-state index contributed by atoms with van der Waals surface area (Å²) in [6, 6.07) is 11.1. The topological polar surface area (TPSA) is 38.0 Å². The normalized spacial score (nSPS) is 12.2. The minimum absolute atomic E-state index is 0.0487. The van der Waals surface area contributed by atoms with E-state index in [0.29, 0.717) is 12.1 Å². The third kappa shape index (κ3) is 3.38. The molecule has 0 heterocycles. The quantitative estimate of drug-likeness (QED) is 0.872. The maximum atomic E-state index is 13.4. The number of anilines is 1. The average Bonchev–Trinajstić information content (AvgIpc) is 2.43.